The normalized spacial score (nSPS) is 15.0. The average Bonchev–Trinajstić information content (AvgIpc) is 3.12. The molecule has 0 amide bonds. The van der Waals surface area contributed by atoms with Crippen molar-refractivity contribution < 1.29 is 4.74 Å². The van der Waals surface area contributed by atoms with E-state index in [1.165, 1.54) is 37.9 Å². The number of hydrogen-bond donors (Lipinski definition) is 1. The van der Waals surface area contributed by atoms with Gasteiger partial charge in [-0.15, -0.1) is 10.2 Å². The lowest BCUT2D eigenvalue weighted by Crippen LogP contribution is -2.29. The fourth-order valence-electron chi connectivity index (χ4n) is 3.03. The highest BCUT2D eigenvalue weighted by Gasteiger charge is 2.10. The van der Waals surface area contributed by atoms with Crippen LogP contribution in [-0.2, 0) is 6.54 Å². The third-order valence-corrected chi connectivity index (χ3v) is 5.46. The molecule has 1 aromatic carbocycles. The molecule has 1 aliphatic heterocycles. The Morgan fingerprint density at radius 2 is 2.04 bits per heavy atom. The van der Waals surface area contributed by atoms with Gasteiger partial charge in [-0.25, -0.2) is 0 Å². The van der Waals surface area contributed by atoms with Gasteiger partial charge in [-0.1, -0.05) is 29.9 Å². The molecule has 6 nitrogen and oxygen atoms in total. The number of ether oxygens (including phenoxy) is 1. The molecule has 1 aromatic heterocycles. The largest absolute Gasteiger partial charge is 0.494 e. The van der Waals surface area contributed by atoms with Gasteiger partial charge in [0.05, 0.1) is 6.61 Å². The van der Waals surface area contributed by atoms with Crippen molar-refractivity contribution in [3.63, 3.8) is 0 Å². The van der Waals surface area contributed by atoms with Crippen LogP contribution >= 0.6 is 11.3 Å². The molecule has 3 rings (SSSR count). The summed E-state index contributed by atoms with van der Waals surface area (Å²) in [6.45, 7) is 4.99. The van der Waals surface area contributed by atoms with Gasteiger partial charge in [0.25, 0.3) is 0 Å². The Kier molecular flexibility index (Phi) is 7.08. The van der Waals surface area contributed by atoms with E-state index in [1.54, 1.807) is 11.3 Å². The fraction of sp³-hybridized carbons (Fsp3) is 0.579. The number of likely N-dealkylation sites (tertiary alicyclic amines) is 1. The first-order chi connectivity index (χ1) is 12.7. The summed E-state index contributed by atoms with van der Waals surface area (Å²) in [4.78, 5) is 4.50. The smallest absolute Gasteiger partial charge is 0.209 e. The lowest BCUT2D eigenvalue weighted by Gasteiger charge is -2.26. The van der Waals surface area contributed by atoms with Crippen molar-refractivity contribution in [1.29, 1.82) is 0 Å². The van der Waals surface area contributed by atoms with E-state index < -0.39 is 0 Å². The third kappa shape index (κ3) is 5.85. The molecule has 1 N–H and O–H groups in total. The van der Waals surface area contributed by atoms with E-state index in [0.29, 0.717) is 6.61 Å². The van der Waals surface area contributed by atoms with Gasteiger partial charge in [-0.3, -0.25) is 4.90 Å². The van der Waals surface area contributed by atoms with Gasteiger partial charge >= 0.3 is 0 Å². The topological polar surface area (TPSA) is 53.5 Å². The Labute approximate surface area is 160 Å². The van der Waals surface area contributed by atoms with E-state index in [9.17, 15) is 0 Å². The molecule has 0 spiro atoms. The molecular formula is C19H29N5OS. The minimum atomic E-state index is 0.694. The molecule has 2 heterocycles. The molecule has 2 aromatic rings. The first-order valence-electron chi connectivity index (χ1n) is 9.39. The van der Waals surface area contributed by atoms with E-state index in [2.05, 4.69) is 38.6 Å². The maximum atomic E-state index is 5.92. The van der Waals surface area contributed by atoms with E-state index in [0.717, 1.165) is 35.5 Å². The van der Waals surface area contributed by atoms with Crippen molar-refractivity contribution in [2.45, 2.75) is 32.2 Å². The first-order valence-corrected chi connectivity index (χ1v) is 10.2. The van der Waals surface area contributed by atoms with Crippen LogP contribution in [0, 0.1) is 0 Å². The zero-order chi connectivity index (χ0) is 18.2. The summed E-state index contributed by atoms with van der Waals surface area (Å²) in [7, 11) is 3.94. The summed E-state index contributed by atoms with van der Waals surface area (Å²) in [5.41, 5.74) is 1.34. The highest BCUT2D eigenvalue weighted by molar-refractivity contribution is 7.19. The molecule has 0 aliphatic carbocycles. The Morgan fingerprint density at radius 3 is 2.81 bits per heavy atom. The van der Waals surface area contributed by atoms with Crippen LogP contribution in [-0.4, -0.2) is 55.4 Å². The van der Waals surface area contributed by atoms with Crippen molar-refractivity contribution in [3.05, 3.63) is 29.8 Å². The summed E-state index contributed by atoms with van der Waals surface area (Å²) in [6.07, 6.45) is 4.95. The maximum absolute atomic E-state index is 5.92. The molecule has 1 fully saturated rings. The number of benzene rings is 1. The van der Waals surface area contributed by atoms with E-state index in [1.807, 2.05) is 25.1 Å². The zero-order valence-corrected chi connectivity index (χ0v) is 16.6. The number of nitrogens with zero attached hydrogens (tertiary/aromatic N) is 4. The average molecular weight is 376 g/mol. The molecule has 0 bridgehead atoms. The predicted octanol–water partition coefficient (Wildman–Crippen LogP) is 3.47. The number of piperidine rings is 1. The van der Waals surface area contributed by atoms with Gasteiger partial charge in [0.1, 0.15) is 5.75 Å². The Balaban J connectivity index is 1.37. The summed E-state index contributed by atoms with van der Waals surface area (Å²) >= 11 is 1.56. The third-order valence-electron chi connectivity index (χ3n) is 4.42. The first kappa shape index (κ1) is 18.9. The molecule has 0 radical (unpaired) electrons. The Hall–Kier alpha value is -1.86. The van der Waals surface area contributed by atoms with Gasteiger partial charge in [-0.05, 0) is 50.0 Å². The second-order valence-corrected chi connectivity index (χ2v) is 7.85. The van der Waals surface area contributed by atoms with Crippen LogP contribution in [0.25, 0.3) is 0 Å². The van der Waals surface area contributed by atoms with Crippen LogP contribution in [0.1, 0.15) is 31.2 Å². The van der Waals surface area contributed by atoms with Crippen molar-refractivity contribution >= 4 is 21.6 Å². The van der Waals surface area contributed by atoms with Gasteiger partial charge in [0, 0.05) is 27.2 Å². The zero-order valence-electron chi connectivity index (χ0n) is 15.8. The molecule has 0 saturated carbocycles. The monoisotopic (exact) mass is 375 g/mol. The molecular weight excluding hydrogens is 346 g/mol. The number of aromatic nitrogens is 2. The van der Waals surface area contributed by atoms with Crippen molar-refractivity contribution in [3.8, 4) is 5.75 Å². The van der Waals surface area contributed by atoms with Crippen LogP contribution in [0.4, 0.5) is 10.3 Å². The molecule has 1 saturated heterocycles. The highest BCUT2D eigenvalue weighted by Crippen LogP contribution is 2.22. The standard InChI is InChI=1S/C19H29N5OS/c1-23(2)19-22-21-18(26-19)20-10-7-13-25-17-9-6-8-16(14-17)15-24-11-4-3-5-12-24/h6,8-9,14H,3-5,7,10-13,15H2,1-2H3,(H,20,21). The lowest BCUT2D eigenvalue weighted by molar-refractivity contribution is 0.220. The SMILES string of the molecule is CN(C)c1nnc(NCCCOc2cccc(CN3CCCCC3)c2)s1. The van der Waals surface area contributed by atoms with E-state index in [-0.39, 0.29) is 0 Å². The Bertz CT molecular complexity index is 669. The van der Waals surface area contributed by atoms with Gasteiger partial charge in [-0.2, -0.15) is 0 Å². The summed E-state index contributed by atoms with van der Waals surface area (Å²) in [6, 6.07) is 8.51. The lowest BCUT2D eigenvalue weighted by atomic mass is 10.1. The number of rotatable bonds is 9. The molecule has 0 atom stereocenters. The van der Waals surface area contributed by atoms with E-state index >= 15 is 0 Å². The summed E-state index contributed by atoms with van der Waals surface area (Å²) < 4.78 is 5.92. The minimum absolute atomic E-state index is 0.694. The van der Waals surface area contributed by atoms with Gasteiger partial charge in [0.15, 0.2) is 0 Å². The number of hydrogen-bond acceptors (Lipinski definition) is 7. The Morgan fingerprint density at radius 1 is 1.19 bits per heavy atom. The van der Waals surface area contributed by atoms with Crippen molar-refractivity contribution in [2.24, 2.45) is 0 Å². The van der Waals surface area contributed by atoms with Crippen LogP contribution < -0.4 is 15.0 Å². The van der Waals surface area contributed by atoms with Crippen LogP contribution in [0.5, 0.6) is 5.75 Å². The molecule has 7 heteroatoms. The number of anilines is 2. The van der Waals surface area contributed by atoms with Gasteiger partial charge in [0.2, 0.25) is 10.3 Å². The van der Waals surface area contributed by atoms with Crippen molar-refractivity contribution in [2.75, 3.05) is 50.6 Å². The second kappa shape index (κ2) is 9.73. The molecule has 142 valence electrons. The molecule has 1 aliphatic rings. The van der Waals surface area contributed by atoms with Crippen LogP contribution in [0.15, 0.2) is 24.3 Å². The molecule has 0 unspecified atom stereocenters. The van der Waals surface area contributed by atoms with Gasteiger partial charge < -0.3 is 15.0 Å². The quantitative estimate of drug-likeness (QED) is 0.677. The van der Waals surface area contributed by atoms with E-state index in [4.69, 9.17) is 4.74 Å². The summed E-state index contributed by atoms with van der Waals surface area (Å²) in [5, 5.41) is 13.3. The van der Waals surface area contributed by atoms with Crippen LogP contribution in [0.3, 0.4) is 0 Å². The highest BCUT2D eigenvalue weighted by atomic mass is 32.1. The fourth-order valence-corrected chi connectivity index (χ4v) is 3.73. The number of nitrogens with one attached hydrogen (secondary N) is 1. The minimum Gasteiger partial charge on any atom is -0.494 e. The molecule has 26 heavy (non-hydrogen) atoms. The predicted molar refractivity (Wildman–Crippen MR) is 108 cm³/mol. The van der Waals surface area contributed by atoms with Crippen molar-refractivity contribution in [1.82, 2.24) is 15.1 Å². The van der Waals surface area contributed by atoms with Crippen LogP contribution in [0.2, 0.25) is 0 Å². The summed E-state index contributed by atoms with van der Waals surface area (Å²) in [5.74, 6) is 0.963. The second-order valence-electron chi connectivity index (χ2n) is 6.90. The maximum Gasteiger partial charge on any atom is 0.209 e.